The molecule has 0 unspecified atom stereocenters. The molecule has 3 aromatic carbocycles. The van der Waals surface area contributed by atoms with Crippen molar-refractivity contribution < 1.29 is 13.4 Å². The van der Waals surface area contributed by atoms with Gasteiger partial charge in [0.2, 0.25) is 11.2 Å². The molecule has 0 aliphatic carbocycles. The number of aromatic nitrogens is 1. The van der Waals surface area contributed by atoms with Gasteiger partial charge in [-0.05, 0) is 66.3 Å². The largest absolute Gasteiger partial charge is 0.455 e. The maximum Gasteiger partial charge on any atom is 0.217 e. The van der Waals surface area contributed by atoms with E-state index in [1.807, 2.05) is 12.1 Å². The molecule has 2 nitrogen and oxygen atoms in total. The van der Waals surface area contributed by atoms with Crippen molar-refractivity contribution in [2.45, 2.75) is 53.8 Å². The molecule has 180 valence electrons. The van der Waals surface area contributed by atoms with Gasteiger partial charge in [-0.1, -0.05) is 51.7 Å². The Balaban J connectivity index is 1.94. The van der Waals surface area contributed by atoms with Gasteiger partial charge in [-0.25, -0.2) is 4.39 Å². The number of benzene rings is 3. The number of rotatable bonds is 4. The van der Waals surface area contributed by atoms with E-state index in [1.54, 1.807) is 6.07 Å². The van der Waals surface area contributed by atoms with E-state index in [4.69, 9.17) is 4.42 Å². The molecule has 5 rings (SSSR count). The van der Waals surface area contributed by atoms with E-state index in [0.29, 0.717) is 5.92 Å². The highest BCUT2D eigenvalue weighted by Crippen LogP contribution is 2.39. The van der Waals surface area contributed by atoms with Crippen LogP contribution in [-0.2, 0) is 13.5 Å². The highest BCUT2D eigenvalue weighted by atomic mass is 28.3. The molecule has 0 aliphatic rings. The monoisotopic (exact) mass is 484 g/mol. The Hall–Kier alpha value is -2.98. The lowest BCUT2D eigenvalue weighted by Gasteiger charge is -2.19. The van der Waals surface area contributed by atoms with Crippen molar-refractivity contribution in [3.8, 4) is 11.3 Å². The van der Waals surface area contributed by atoms with Gasteiger partial charge in [0.15, 0.2) is 0 Å². The van der Waals surface area contributed by atoms with Crippen molar-refractivity contribution in [2.75, 3.05) is 0 Å². The normalized spacial score (nSPS) is 12.5. The fraction of sp³-hybridized carbons (Fsp3) is 0.323. The summed E-state index contributed by atoms with van der Waals surface area (Å²) >= 11 is 0. The summed E-state index contributed by atoms with van der Waals surface area (Å²) in [5, 5.41) is 4.17. The molecule has 35 heavy (non-hydrogen) atoms. The number of fused-ring (bicyclic) bond motifs is 4. The molecule has 0 radical (unpaired) electrons. The van der Waals surface area contributed by atoms with Crippen molar-refractivity contribution in [3.05, 3.63) is 71.0 Å². The molecule has 0 atom stereocenters. The van der Waals surface area contributed by atoms with Gasteiger partial charge >= 0.3 is 0 Å². The Morgan fingerprint density at radius 3 is 2.34 bits per heavy atom. The number of aryl methyl sites for hydroxylation is 2. The third-order valence-corrected chi connectivity index (χ3v) is 9.34. The number of pyridine rings is 1. The fourth-order valence-electron chi connectivity index (χ4n) is 5.38. The molecular weight excluding hydrogens is 449 g/mol. The second-order valence-corrected chi connectivity index (χ2v) is 16.5. The van der Waals surface area contributed by atoms with Crippen molar-refractivity contribution >= 4 is 46.1 Å². The van der Waals surface area contributed by atoms with Gasteiger partial charge in [0.1, 0.15) is 24.0 Å². The Bertz CT molecular complexity index is 1620. The highest BCUT2D eigenvalue weighted by molar-refractivity contribution is 6.88. The molecule has 0 bridgehead atoms. The van der Waals surface area contributed by atoms with Crippen LogP contribution in [0.15, 0.2) is 52.9 Å². The average Bonchev–Trinajstić information content (AvgIpc) is 3.13. The van der Waals surface area contributed by atoms with E-state index in [2.05, 4.69) is 89.3 Å². The van der Waals surface area contributed by atoms with Crippen molar-refractivity contribution in [1.82, 2.24) is 0 Å². The topological polar surface area (TPSA) is 17.0 Å². The Labute approximate surface area is 208 Å². The lowest BCUT2D eigenvalue weighted by Crippen LogP contribution is -2.42. The van der Waals surface area contributed by atoms with Gasteiger partial charge in [0.05, 0.1) is 19.0 Å². The zero-order valence-electron chi connectivity index (χ0n) is 22.1. The molecule has 0 spiro atoms. The zero-order valence-corrected chi connectivity index (χ0v) is 23.1. The summed E-state index contributed by atoms with van der Waals surface area (Å²) in [7, 11) is 0.253. The molecule has 0 saturated carbocycles. The lowest BCUT2D eigenvalue weighted by molar-refractivity contribution is -0.633. The minimum absolute atomic E-state index is 0.0687. The lowest BCUT2D eigenvalue weighted by atomic mass is 9.92. The van der Waals surface area contributed by atoms with Gasteiger partial charge < -0.3 is 4.42 Å². The maximum atomic E-state index is 15.3. The number of para-hydroxylation sites is 1. The fourth-order valence-corrected chi connectivity index (χ4v) is 6.74. The van der Waals surface area contributed by atoms with Crippen LogP contribution >= 0.6 is 0 Å². The third-order valence-electron chi connectivity index (χ3n) is 7.35. The van der Waals surface area contributed by atoms with E-state index in [9.17, 15) is 0 Å². The third kappa shape index (κ3) is 3.88. The van der Waals surface area contributed by atoms with Crippen molar-refractivity contribution in [1.29, 1.82) is 0 Å². The van der Waals surface area contributed by atoms with Crippen molar-refractivity contribution in [3.63, 3.8) is 0 Å². The molecule has 0 aliphatic heterocycles. The quantitative estimate of drug-likeness (QED) is 0.188. The Morgan fingerprint density at radius 1 is 0.943 bits per heavy atom. The summed E-state index contributed by atoms with van der Waals surface area (Å²) in [5.41, 5.74) is 8.81. The number of nitrogens with zero attached hydrogens (tertiary/aromatic N) is 1. The predicted molar refractivity (Wildman–Crippen MR) is 149 cm³/mol. The van der Waals surface area contributed by atoms with Crippen LogP contribution in [0.4, 0.5) is 4.39 Å². The minimum Gasteiger partial charge on any atom is -0.455 e. The van der Waals surface area contributed by atoms with Gasteiger partial charge in [-0.2, -0.15) is 4.57 Å². The van der Waals surface area contributed by atoms with E-state index in [-0.39, 0.29) is 5.82 Å². The first-order valence-corrected chi connectivity index (χ1v) is 16.0. The van der Waals surface area contributed by atoms with E-state index in [1.165, 1.54) is 16.7 Å². The SMILES string of the molecule is Cc1cc2c(oc3ccccc32)c(-c2cc(CC(C)C)c3cc(F)c([Si](C)(C)C)cc3[n+]2C)c1C. The first kappa shape index (κ1) is 23.7. The van der Waals surface area contributed by atoms with E-state index < -0.39 is 8.07 Å². The molecule has 2 heterocycles. The van der Waals surface area contributed by atoms with Crippen LogP contribution in [0.25, 0.3) is 44.1 Å². The summed E-state index contributed by atoms with van der Waals surface area (Å²) < 4.78 is 24.1. The molecule has 5 aromatic rings. The summed E-state index contributed by atoms with van der Waals surface area (Å²) in [5.74, 6) is 0.393. The summed E-state index contributed by atoms with van der Waals surface area (Å²) in [6, 6.07) is 16.7. The maximum absolute atomic E-state index is 15.3. The molecule has 2 aromatic heterocycles. The van der Waals surface area contributed by atoms with Crippen LogP contribution in [0.1, 0.15) is 30.5 Å². The Morgan fingerprint density at radius 2 is 1.66 bits per heavy atom. The summed E-state index contributed by atoms with van der Waals surface area (Å²) in [6.45, 7) is 15.4. The molecular formula is C31H35FNOSi+. The average molecular weight is 485 g/mol. The first-order valence-electron chi connectivity index (χ1n) is 12.5. The highest BCUT2D eigenvalue weighted by Gasteiger charge is 2.29. The second kappa shape index (κ2) is 8.30. The number of hydrogen-bond donors (Lipinski definition) is 0. The van der Waals surface area contributed by atoms with Gasteiger partial charge in [-0.15, -0.1) is 0 Å². The predicted octanol–water partition coefficient (Wildman–Crippen LogP) is 7.73. The van der Waals surface area contributed by atoms with Crippen LogP contribution in [-0.4, -0.2) is 8.07 Å². The molecule has 0 fully saturated rings. The van der Waals surface area contributed by atoms with Crippen LogP contribution < -0.4 is 9.75 Å². The molecule has 0 N–H and O–H groups in total. The van der Waals surface area contributed by atoms with Gasteiger partial charge in [-0.3, -0.25) is 0 Å². The van der Waals surface area contributed by atoms with Gasteiger partial charge in [0, 0.05) is 22.9 Å². The zero-order chi connectivity index (χ0) is 25.2. The standard InChI is InChI=1S/C31H35FNOSi/c1-18(2)13-21-15-27(33(5)26-17-29(35(6,7)8)25(32)16-23(21)26)30-20(4)19(3)14-24-22-11-9-10-12-28(22)34-31(24)30/h9-12,14-18H,13H2,1-8H3/q+1. The van der Waals surface area contributed by atoms with Crippen molar-refractivity contribution in [2.24, 2.45) is 13.0 Å². The minimum atomic E-state index is -1.86. The summed E-state index contributed by atoms with van der Waals surface area (Å²) in [6.07, 6.45) is 0.893. The Kier molecular flexibility index (Phi) is 5.63. The van der Waals surface area contributed by atoms with E-state index >= 15 is 4.39 Å². The summed E-state index contributed by atoms with van der Waals surface area (Å²) in [4.78, 5) is 0. The number of halogens is 1. The first-order chi connectivity index (χ1) is 16.5. The second-order valence-electron chi connectivity index (χ2n) is 11.5. The molecule has 0 saturated heterocycles. The smallest absolute Gasteiger partial charge is 0.217 e. The number of hydrogen-bond acceptors (Lipinski definition) is 1. The van der Waals surface area contributed by atoms with Crippen LogP contribution in [0, 0.1) is 25.6 Å². The number of furan rings is 1. The molecule has 4 heteroatoms. The molecule has 0 amide bonds. The van der Waals surface area contributed by atoms with Crippen LogP contribution in [0.5, 0.6) is 0 Å². The van der Waals surface area contributed by atoms with E-state index in [0.717, 1.165) is 55.7 Å². The van der Waals surface area contributed by atoms with Crippen LogP contribution in [0.2, 0.25) is 19.6 Å². The van der Waals surface area contributed by atoms with Crippen LogP contribution in [0.3, 0.4) is 0 Å². The van der Waals surface area contributed by atoms with Gasteiger partial charge in [0.25, 0.3) is 0 Å².